The van der Waals surface area contributed by atoms with Crippen LogP contribution in [-0.2, 0) is 11.3 Å². The molecule has 0 unspecified atom stereocenters. The molecule has 0 saturated carbocycles. The van der Waals surface area contributed by atoms with Crippen LogP contribution >= 0.6 is 39.9 Å². The van der Waals surface area contributed by atoms with Crippen LogP contribution in [0.25, 0.3) is 0 Å². The minimum Gasteiger partial charge on any atom is -0.357 e. The van der Waals surface area contributed by atoms with Crippen molar-refractivity contribution in [3.05, 3.63) is 33.8 Å². The van der Waals surface area contributed by atoms with Gasteiger partial charge < -0.3 is 15.5 Å². The van der Waals surface area contributed by atoms with Crippen LogP contribution in [0.15, 0.2) is 27.7 Å². The highest BCUT2D eigenvalue weighted by Gasteiger charge is 2.09. The number of carbonyl (C=O) groups is 1. The van der Waals surface area contributed by atoms with Gasteiger partial charge in [-0.25, -0.2) is 4.99 Å². The molecule has 142 valence electrons. The standard InChI is InChI=1S/C18H29BrN4O.HI/c1-5-20-18(21-11-10-17(24)23(6-2)7-3)22-13-15-8-9-16(19)12-14(15)4;/h8-9,12H,5-7,10-11,13H2,1-4H3,(H2,20,21,22);1H. The first-order valence-electron chi connectivity index (χ1n) is 8.56. The van der Waals surface area contributed by atoms with Gasteiger partial charge in [0.1, 0.15) is 0 Å². The Balaban J connectivity index is 0.00000576. The van der Waals surface area contributed by atoms with E-state index in [4.69, 9.17) is 0 Å². The van der Waals surface area contributed by atoms with Gasteiger partial charge in [-0.1, -0.05) is 22.0 Å². The van der Waals surface area contributed by atoms with Crippen LogP contribution in [0, 0.1) is 6.92 Å². The van der Waals surface area contributed by atoms with Gasteiger partial charge in [-0.3, -0.25) is 4.79 Å². The molecule has 0 spiro atoms. The van der Waals surface area contributed by atoms with E-state index in [9.17, 15) is 4.79 Å². The molecule has 5 nitrogen and oxygen atoms in total. The predicted molar refractivity (Wildman–Crippen MR) is 120 cm³/mol. The third kappa shape index (κ3) is 8.89. The van der Waals surface area contributed by atoms with Crippen molar-refractivity contribution >= 4 is 51.8 Å². The molecule has 1 rings (SSSR count). The van der Waals surface area contributed by atoms with E-state index in [0.29, 0.717) is 19.5 Å². The van der Waals surface area contributed by atoms with E-state index in [-0.39, 0.29) is 29.9 Å². The number of benzene rings is 1. The van der Waals surface area contributed by atoms with Gasteiger partial charge in [0, 0.05) is 37.1 Å². The fourth-order valence-corrected chi connectivity index (χ4v) is 2.84. The first kappa shape index (κ1) is 24.2. The lowest BCUT2D eigenvalue weighted by Gasteiger charge is -2.19. The summed E-state index contributed by atoms with van der Waals surface area (Å²) in [5, 5.41) is 6.46. The molecule has 0 aliphatic rings. The summed E-state index contributed by atoms with van der Waals surface area (Å²) in [6.45, 7) is 11.6. The smallest absolute Gasteiger partial charge is 0.224 e. The molecular formula is C18H30BrIN4O. The van der Waals surface area contributed by atoms with Crippen LogP contribution in [0.2, 0.25) is 0 Å². The Labute approximate surface area is 177 Å². The Morgan fingerprint density at radius 1 is 1.20 bits per heavy atom. The molecular weight excluding hydrogens is 495 g/mol. The van der Waals surface area contributed by atoms with Crippen LogP contribution in [0.1, 0.15) is 38.3 Å². The Morgan fingerprint density at radius 3 is 2.44 bits per heavy atom. The third-order valence-corrected chi connectivity index (χ3v) is 4.30. The van der Waals surface area contributed by atoms with Crippen LogP contribution in [0.3, 0.4) is 0 Å². The van der Waals surface area contributed by atoms with Crippen LogP contribution in [0.5, 0.6) is 0 Å². The first-order chi connectivity index (χ1) is 11.5. The van der Waals surface area contributed by atoms with Gasteiger partial charge in [-0.15, -0.1) is 24.0 Å². The second kappa shape index (κ2) is 13.4. The average molecular weight is 525 g/mol. The first-order valence-corrected chi connectivity index (χ1v) is 9.36. The van der Waals surface area contributed by atoms with E-state index < -0.39 is 0 Å². The van der Waals surface area contributed by atoms with Gasteiger partial charge in [0.15, 0.2) is 5.96 Å². The highest BCUT2D eigenvalue weighted by Crippen LogP contribution is 2.16. The Bertz CT molecular complexity index is 562. The van der Waals surface area contributed by atoms with E-state index >= 15 is 0 Å². The summed E-state index contributed by atoms with van der Waals surface area (Å²) in [5.74, 6) is 0.916. The monoisotopic (exact) mass is 524 g/mol. The van der Waals surface area contributed by atoms with Gasteiger partial charge >= 0.3 is 0 Å². The van der Waals surface area contributed by atoms with Crippen molar-refractivity contribution in [2.45, 2.75) is 40.7 Å². The molecule has 0 saturated heterocycles. The summed E-state index contributed by atoms with van der Waals surface area (Å²) in [5.41, 5.74) is 2.40. The SMILES string of the molecule is CCNC(=NCc1ccc(Br)cc1C)NCCC(=O)N(CC)CC.I. The van der Waals surface area contributed by atoms with Gasteiger partial charge in [-0.2, -0.15) is 0 Å². The second-order valence-corrected chi connectivity index (χ2v) is 6.42. The highest BCUT2D eigenvalue weighted by molar-refractivity contribution is 14.0. The van der Waals surface area contributed by atoms with E-state index in [1.54, 1.807) is 0 Å². The molecule has 0 aliphatic heterocycles. The maximum Gasteiger partial charge on any atom is 0.224 e. The number of hydrogen-bond acceptors (Lipinski definition) is 2. The molecule has 1 aromatic rings. The molecule has 0 aliphatic carbocycles. The molecule has 1 aromatic carbocycles. The fourth-order valence-electron chi connectivity index (χ4n) is 2.36. The average Bonchev–Trinajstić information content (AvgIpc) is 2.55. The molecule has 7 heteroatoms. The van der Waals surface area contributed by atoms with Crippen molar-refractivity contribution in [3.8, 4) is 0 Å². The Morgan fingerprint density at radius 2 is 1.88 bits per heavy atom. The highest BCUT2D eigenvalue weighted by atomic mass is 127. The summed E-state index contributed by atoms with van der Waals surface area (Å²) in [4.78, 5) is 18.5. The van der Waals surface area contributed by atoms with Crippen molar-refractivity contribution in [2.24, 2.45) is 4.99 Å². The van der Waals surface area contributed by atoms with Gasteiger partial charge in [0.25, 0.3) is 0 Å². The number of aliphatic imine (C=N–C) groups is 1. The number of aryl methyl sites for hydroxylation is 1. The Hall–Kier alpha value is -0.830. The fraction of sp³-hybridized carbons (Fsp3) is 0.556. The molecule has 0 heterocycles. The van der Waals surface area contributed by atoms with Crippen molar-refractivity contribution in [1.29, 1.82) is 0 Å². The third-order valence-electron chi connectivity index (χ3n) is 3.80. The van der Waals surface area contributed by atoms with Crippen molar-refractivity contribution < 1.29 is 4.79 Å². The topological polar surface area (TPSA) is 56.7 Å². The molecule has 0 bridgehead atoms. The lowest BCUT2D eigenvalue weighted by molar-refractivity contribution is -0.130. The summed E-state index contributed by atoms with van der Waals surface area (Å²) >= 11 is 3.48. The summed E-state index contributed by atoms with van der Waals surface area (Å²) in [6.07, 6.45) is 0.476. The minimum absolute atomic E-state index is 0. The number of amides is 1. The molecule has 0 fully saturated rings. The lowest BCUT2D eigenvalue weighted by Crippen LogP contribution is -2.40. The maximum absolute atomic E-state index is 12.0. The van der Waals surface area contributed by atoms with Crippen LogP contribution in [-0.4, -0.2) is 42.9 Å². The van der Waals surface area contributed by atoms with Crippen molar-refractivity contribution in [3.63, 3.8) is 0 Å². The minimum atomic E-state index is 0. The molecule has 2 N–H and O–H groups in total. The molecule has 25 heavy (non-hydrogen) atoms. The quantitative estimate of drug-likeness (QED) is 0.310. The number of guanidine groups is 1. The molecule has 0 aromatic heterocycles. The van der Waals surface area contributed by atoms with Gasteiger partial charge in [0.2, 0.25) is 5.91 Å². The molecule has 1 amide bonds. The number of rotatable bonds is 8. The number of carbonyl (C=O) groups excluding carboxylic acids is 1. The van der Waals surface area contributed by atoms with Crippen molar-refractivity contribution in [2.75, 3.05) is 26.2 Å². The zero-order valence-corrected chi connectivity index (χ0v) is 19.5. The van der Waals surface area contributed by atoms with E-state index in [2.05, 4.69) is 50.6 Å². The summed E-state index contributed by atoms with van der Waals surface area (Å²) in [6, 6.07) is 6.20. The summed E-state index contributed by atoms with van der Waals surface area (Å²) < 4.78 is 1.08. The van der Waals surface area contributed by atoms with Gasteiger partial charge in [-0.05, 0) is 51.0 Å². The maximum atomic E-state index is 12.0. The van der Waals surface area contributed by atoms with E-state index in [1.165, 1.54) is 11.1 Å². The normalized spacial score (nSPS) is 10.8. The number of hydrogen-bond donors (Lipinski definition) is 2. The van der Waals surface area contributed by atoms with Gasteiger partial charge in [0.05, 0.1) is 6.54 Å². The second-order valence-electron chi connectivity index (χ2n) is 5.51. The molecule has 0 atom stereocenters. The van der Waals surface area contributed by atoms with E-state index in [0.717, 1.165) is 30.1 Å². The number of nitrogens with one attached hydrogen (secondary N) is 2. The van der Waals surface area contributed by atoms with E-state index in [1.807, 2.05) is 31.7 Å². The van der Waals surface area contributed by atoms with Crippen molar-refractivity contribution in [1.82, 2.24) is 15.5 Å². The Kier molecular flexibility index (Phi) is 12.9. The summed E-state index contributed by atoms with van der Waals surface area (Å²) in [7, 11) is 0. The number of halogens is 2. The van der Waals surface area contributed by atoms with Crippen LogP contribution in [0.4, 0.5) is 0 Å². The zero-order chi connectivity index (χ0) is 17.9. The predicted octanol–water partition coefficient (Wildman–Crippen LogP) is 3.69. The zero-order valence-electron chi connectivity index (χ0n) is 15.6. The lowest BCUT2D eigenvalue weighted by atomic mass is 10.1. The number of nitrogens with zero attached hydrogens (tertiary/aromatic N) is 2. The molecule has 0 radical (unpaired) electrons. The largest absolute Gasteiger partial charge is 0.357 e. The van der Waals surface area contributed by atoms with Crippen LogP contribution < -0.4 is 10.6 Å².